The van der Waals surface area contributed by atoms with Crippen LogP contribution in [0.1, 0.15) is 5.56 Å². The van der Waals surface area contributed by atoms with E-state index in [4.69, 9.17) is 11.6 Å². The van der Waals surface area contributed by atoms with Crippen LogP contribution in [0.4, 0.5) is 5.82 Å². The predicted octanol–water partition coefficient (Wildman–Crippen LogP) is 2.94. The zero-order chi connectivity index (χ0) is 12.8. The topological polar surface area (TPSA) is 33.2 Å². The van der Waals surface area contributed by atoms with E-state index in [9.17, 15) is 4.79 Å². The van der Waals surface area contributed by atoms with Gasteiger partial charge in [-0.2, -0.15) is 0 Å². The molecule has 0 saturated heterocycles. The minimum Gasteiger partial charge on any atom is -0.345 e. The molecule has 0 unspecified atom stereocenters. The molecular formula is C14H13ClN2O. The van der Waals surface area contributed by atoms with Gasteiger partial charge in [-0.15, -0.1) is 0 Å². The number of hydrogen-bond donors (Lipinski definition) is 0. The van der Waals surface area contributed by atoms with Crippen molar-refractivity contribution in [3.8, 4) is 0 Å². The van der Waals surface area contributed by atoms with Crippen LogP contribution in [0, 0.1) is 0 Å². The number of hydrogen-bond acceptors (Lipinski definition) is 3. The molecule has 0 spiro atoms. The second kappa shape index (κ2) is 6.17. The maximum absolute atomic E-state index is 10.7. The summed E-state index contributed by atoms with van der Waals surface area (Å²) in [6, 6.07) is 13.2. The number of pyridine rings is 1. The Morgan fingerprint density at radius 1 is 1.17 bits per heavy atom. The third-order valence-electron chi connectivity index (χ3n) is 2.55. The summed E-state index contributed by atoms with van der Waals surface area (Å²) in [5.74, 6) is 0.791. The third kappa shape index (κ3) is 3.31. The zero-order valence-electron chi connectivity index (χ0n) is 9.79. The first-order chi connectivity index (χ1) is 8.79. The molecule has 0 radical (unpaired) electrons. The molecule has 0 aliphatic rings. The van der Waals surface area contributed by atoms with Crippen molar-refractivity contribution in [1.82, 2.24) is 4.98 Å². The summed E-state index contributed by atoms with van der Waals surface area (Å²) in [5, 5.41) is 0.707. The van der Waals surface area contributed by atoms with Crippen LogP contribution in [0.15, 0.2) is 48.7 Å². The van der Waals surface area contributed by atoms with Crippen LogP contribution in [0.3, 0.4) is 0 Å². The highest BCUT2D eigenvalue weighted by molar-refractivity contribution is 6.30. The van der Waals surface area contributed by atoms with Crippen molar-refractivity contribution in [2.75, 3.05) is 11.4 Å². The largest absolute Gasteiger partial charge is 0.345 e. The molecule has 0 N–H and O–H groups in total. The van der Waals surface area contributed by atoms with Crippen LogP contribution in [0.25, 0.3) is 0 Å². The molecule has 3 nitrogen and oxygen atoms in total. The maximum Gasteiger partial charge on any atom is 0.139 e. The predicted molar refractivity (Wildman–Crippen MR) is 72.8 cm³/mol. The van der Waals surface area contributed by atoms with Gasteiger partial charge in [0.15, 0.2) is 0 Å². The minimum absolute atomic E-state index is 0.319. The van der Waals surface area contributed by atoms with Crippen LogP contribution >= 0.6 is 11.6 Å². The van der Waals surface area contributed by atoms with E-state index >= 15 is 0 Å². The van der Waals surface area contributed by atoms with Gasteiger partial charge in [0, 0.05) is 17.8 Å². The van der Waals surface area contributed by atoms with E-state index in [2.05, 4.69) is 4.98 Å². The number of nitrogens with zero attached hydrogens (tertiary/aromatic N) is 2. The fourth-order valence-electron chi connectivity index (χ4n) is 1.68. The van der Waals surface area contributed by atoms with Crippen molar-refractivity contribution in [3.63, 3.8) is 0 Å². The summed E-state index contributed by atoms with van der Waals surface area (Å²) >= 11 is 5.84. The Labute approximate surface area is 111 Å². The molecule has 0 atom stereocenters. The van der Waals surface area contributed by atoms with Crippen molar-refractivity contribution in [2.45, 2.75) is 6.54 Å². The molecule has 0 saturated carbocycles. The Morgan fingerprint density at radius 3 is 2.56 bits per heavy atom. The number of carbonyl (C=O) groups is 1. The fraction of sp³-hybridized carbons (Fsp3) is 0.143. The van der Waals surface area contributed by atoms with Gasteiger partial charge >= 0.3 is 0 Å². The quantitative estimate of drug-likeness (QED) is 0.775. The van der Waals surface area contributed by atoms with Gasteiger partial charge in [-0.25, -0.2) is 4.98 Å². The lowest BCUT2D eigenvalue weighted by molar-refractivity contribution is -0.106. The van der Waals surface area contributed by atoms with Crippen molar-refractivity contribution >= 4 is 23.7 Å². The molecule has 0 fully saturated rings. The Morgan fingerprint density at radius 2 is 1.94 bits per heavy atom. The SMILES string of the molecule is O=CCN(Cc1ccc(Cl)cc1)c1ccccn1. The van der Waals surface area contributed by atoms with E-state index in [1.165, 1.54) is 0 Å². The molecule has 18 heavy (non-hydrogen) atoms. The highest BCUT2D eigenvalue weighted by atomic mass is 35.5. The average molecular weight is 261 g/mol. The van der Waals surface area contributed by atoms with E-state index in [0.717, 1.165) is 17.7 Å². The molecule has 0 aliphatic carbocycles. The highest BCUT2D eigenvalue weighted by Gasteiger charge is 2.07. The molecule has 4 heteroatoms. The lowest BCUT2D eigenvalue weighted by atomic mass is 10.2. The van der Waals surface area contributed by atoms with E-state index in [0.29, 0.717) is 18.1 Å². The average Bonchev–Trinajstić information content (AvgIpc) is 2.42. The van der Waals surface area contributed by atoms with Crippen molar-refractivity contribution in [2.24, 2.45) is 0 Å². The summed E-state index contributed by atoms with van der Waals surface area (Å²) in [5.41, 5.74) is 1.09. The van der Waals surface area contributed by atoms with Gasteiger partial charge in [-0.1, -0.05) is 29.8 Å². The van der Waals surface area contributed by atoms with Crippen LogP contribution in [0.5, 0.6) is 0 Å². The highest BCUT2D eigenvalue weighted by Crippen LogP contribution is 2.15. The van der Waals surface area contributed by atoms with E-state index in [1.807, 2.05) is 47.4 Å². The second-order valence-electron chi connectivity index (χ2n) is 3.86. The lowest BCUT2D eigenvalue weighted by Crippen LogP contribution is -2.25. The van der Waals surface area contributed by atoms with E-state index in [-0.39, 0.29) is 0 Å². The van der Waals surface area contributed by atoms with Crippen LogP contribution in [0.2, 0.25) is 5.02 Å². The number of benzene rings is 1. The van der Waals surface area contributed by atoms with Gasteiger partial charge in [0.05, 0.1) is 6.54 Å². The summed E-state index contributed by atoms with van der Waals surface area (Å²) in [6.45, 7) is 0.951. The van der Waals surface area contributed by atoms with Crippen LogP contribution in [-0.2, 0) is 11.3 Å². The molecule has 2 rings (SSSR count). The summed E-state index contributed by atoms with van der Waals surface area (Å²) in [7, 11) is 0. The Balaban J connectivity index is 2.16. The number of aldehydes is 1. The van der Waals surface area contributed by atoms with Crippen molar-refractivity contribution in [1.29, 1.82) is 0 Å². The first kappa shape index (κ1) is 12.6. The molecule has 2 aromatic rings. The van der Waals surface area contributed by atoms with Crippen molar-refractivity contribution < 1.29 is 4.79 Å². The lowest BCUT2D eigenvalue weighted by Gasteiger charge is -2.21. The van der Waals surface area contributed by atoms with Gasteiger partial charge < -0.3 is 9.69 Å². The van der Waals surface area contributed by atoms with Crippen LogP contribution < -0.4 is 4.90 Å². The summed E-state index contributed by atoms with van der Waals surface area (Å²) in [6.07, 6.45) is 2.60. The van der Waals surface area contributed by atoms with Gasteiger partial charge in [-0.05, 0) is 29.8 Å². The molecule has 0 aliphatic heterocycles. The number of aromatic nitrogens is 1. The number of carbonyl (C=O) groups excluding carboxylic acids is 1. The molecule has 0 bridgehead atoms. The maximum atomic E-state index is 10.7. The Bertz CT molecular complexity index is 499. The standard InChI is InChI=1S/C14H13ClN2O/c15-13-6-4-12(5-7-13)11-17(9-10-18)14-3-1-2-8-16-14/h1-8,10H,9,11H2. The monoisotopic (exact) mass is 260 g/mol. The van der Waals surface area contributed by atoms with E-state index < -0.39 is 0 Å². The Hall–Kier alpha value is -1.87. The summed E-state index contributed by atoms with van der Waals surface area (Å²) in [4.78, 5) is 16.9. The molecule has 92 valence electrons. The first-order valence-corrected chi connectivity index (χ1v) is 6.01. The number of anilines is 1. The first-order valence-electron chi connectivity index (χ1n) is 5.63. The number of rotatable bonds is 5. The molecule has 1 aromatic heterocycles. The smallest absolute Gasteiger partial charge is 0.139 e. The normalized spacial score (nSPS) is 10.1. The summed E-state index contributed by atoms with van der Waals surface area (Å²) < 4.78 is 0. The van der Waals surface area contributed by atoms with Gasteiger partial charge in [-0.3, -0.25) is 0 Å². The van der Waals surface area contributed by atoms with Crippen molar-refractivity contribution in [3.05, 3.63) is 59.2 Å². The van der Waals surface area contributed by atoms with E-state index in [1.54, 1.807) is 6.20 Å². The Kier molecular flexibility index (Phi) is 4.31. The molecular weight excluding hydrogens is 248 g/mol. The molecule has 1 heterocycles. The molecule has 1 aromatic carbocycles. The fourth-order valence-corrected chi connectivity index (χ4v) is 1.81. The van der Waals surface area contributed by atoms with Gasteiger partial charge in [0.25, 0.3) is 0 Å². The minimum atomic E-state index is 0.319. The van der Waals surface area contributed by atoms with Gasteiger partial charge in [0.1, 0.15) is 12.1 Å². The van der Waals surface area contributed by atoms with Crippen LogP contribution in [-0.4, -0.2) is 17.8 Å². The second-order valence-corrected chi connectivity index (χ2v) is 4.30. The zero-order valence-corrected chi connectivity index (χ0v) is 10.5. The molecule has 0 amide bonds. The number of halogens is 1. The third-order valence-corrected chi connectivity index (χ3v) is 2.81. The van der Waals surface area contributed by atoms with Gasteiger partial charge in [0.2, 0.25) is 0 Å².